The van der Waals surface area contributed by atoms with Crippen LogP contribution in [-0.2, 0) is 23.0 Å². The third-order valence-electron chi connectivity index (χ3n) is 5.45. The molecule has 0 unspecified atom stereocenters. The number of likely N-dealkylation sites (N-methyl/N-ethyl adjacent to an activating group) is 1. The lowest BCUT2D eigenvalue weighted by Crippen LogP contribution is -2.29. The topological polar surface area (TPSA) is 108 Å². The van der Waals surface area contributed by atoms with E-state index in [0.29, 0.717) is 21.9 Å². The molecule has 1 aliphatic heterocycles. The lowest BCUT2D eigenvalue weighted by Gasteiger charge is -2.23. The Morgan fingerprint density at radius 2 is 1.73 bits per heavy atom. The Morgan fingerprint density at radius 1 is 1.06 bits per heavy atom. The molecule has 0 saturated heterocycles. The highest BCUT2D eigenvalue weighted by molar-refractivity contribution is 7.92. The van der Waals surface area contributed by atoms with E-state index < -0.39 is 10.0 Å². The number of Topliss-reactive ketones (excluding diaryl/α,β-unsaturated/α-hetero) is 1. The molecule has 2 heterocycles. The number of carbonyl (C=O) groups is 2. The number of fused-ring (bicyclic) bond motifs is 1. The minimum Gasteiger partial charge on any atom is -0.298 e. The standard InChI is InChI=1S/C23H24N4O4S2/c1-3-27-13-12-20-21(14-27)32-23(24-20)25-22(29)17-4-8-18(9-5-17)26-33(30,31)19-10-6-16(7-11-19)15(2)28/h4-11,26H,3,12-14H2,1-2H3,(H,24,25,29). The van der Waals surface area contributed by atoms with Crippen LogP contribution < -0.4 is 10.0 Å². The van der Waals surface area contributed by atoms with E-state index in [9.17, 15) is 18.0 Å². The summed E-state index contributed by atoms with van der Waals surface area (Å²) in [5, 5.41) is 3.41. The van der Waals surface area contributed by atoms with Gasteiger partial charge >= 0.3 is 0 Å². The van der Waals surface area contributed by atoms with Crippen LogP contribution in [0.2, 0.25) is 0 Å². The lowest BCUT2D eigenvalue weighted by atomic mass is 10.2. The molecule has 1 amide bonds. The Labute approximate surface area is 196 Å². The molecule has 0 spiro atoms. The monoisotopic (exact) mass is 484 g/mol. The highest BCUT2D eigenvalue weighted by Gasteiger charge is 2.21. The number of hydrogen-bond acceptors (Lipinski definition) is 7. The molecule has 10 heteroatoms. The molecule has 0 radical (unpaired) electrons. The summed E-state index contributed by atoms with van der Waals surface area (Å²) in [7, 11) is -3.82. The fraction of sp³-hybridized carbons (Fsp3) is 0.261. The fourth-order valence-corrected chi connectivity index (χ4v) is 5.62. The van der Waals surface area contributed by atoms with Crippen LogP contribution in [0.4, 0.5) is 10.8 Å². The van der Waals surface area contributed by atoms with Crippen LogP contribution in [0.25, 0.3) is 0 Å². The summed E-state index contributed by atoms with van der Waals surface area (Å²) < 4.78 is 27.7. The van der Waals surface area contributed by atoms with Crippen molar-refractivity contribution in [3.05, 3.63) is 70.2 Å². The molecule has 8 nitrogen and oxygen atoms in total. The van der Waals surface area contributed by atoms with Crippen LogP contribution in [0.3, 0.4) is 0 Å². The van der Waals surface area contributed by atoms with Gasteiger partial charge in [-0.2, -0.15) is 0 Å². The highest BCUT2D eigenvalue weighted by Crippen LogP contribution is 2.28. The fourth-order valence-electron chi connectivity index (χ4n) is 3.51. The first kappa shape index (κ1) is 23.1. The normalized spacial score (nSPS) is 13.9. The number of benzene rings is 2. The number of nitrogens with zero attached hydrogens (tertiary/aromatic N) is 2. The van der Waals surface area contributed by atoms with E-state index in [0.717, 1.165) is 31.7 Å². The van der Waals surface area contributed by atoms with Gasteiger partial charge in [0.2, 0.25) is 0 Å². The summed E-state index contributed by atoms with van der Waals surface area (Å²) in [5.74, 6) is -0.440. The Kier molecular flexibility index (Phi) is 6.59. The molecule has 33 heavy (non-hydrogen) atoms. The first-order valence-electron chi connectivity index (χ1n) is 10.5. The Bertz CT molecular complexity index is 1280. The van der Waals surface area contributed by atoms with Gasteiger partial charge in [0.25, 0.3) is 15.9 Å². The summed E-state index contributed by atoms with van der Waals surface area (Å²) in [4.78, 5) is 32.1. The van der Waals surface area contributed by atoms with Crippen molar-refractivity contribution in [1.82, 2.24) is 9.88 Å². The highest BCUT2D eigenvalue weighted by atomic mass is 32.2. The van der Waals surface area contributed by atoms with Gasteiger partial charge in [-0.25, -0.2) is 13.4 Å². The third kappa shape index (κ3) is 5.29. The van der Waals surface area contributed by atoms with E-state index in [1.165, 1.54) is 59.5 Å². The summed E-state index contributed by atoms with van der Waals surface area (Å²) in [6.07, 6.45) is 0.877. The molecule has 3 aromatic rings. The molecule has 0 fully saturated rings. The number of ketones is 1. The number of thiazole rings is 1. The van der Waals surface area contributed by atoms with Gasteiger partial charge < -0.3 is 0 Å². The predicted molar refractivity (Wildman–Crippen MR) is 128 cm³/mol. The zero-order chi connectivity index (χ0) is 23.6. The van der Waals surface area contributed by atoms with Crippen molar-refractivity contribution in [2.75, 3.05) is 23.1 Å². The van der Waals surface area contributed by atoms with Crippen molar-refractivity contribution in [3.63, 3.8) is 0 Å². The molecule has 0 aliphatic carbocycles. The van der Waals surface area contributed by atoms with Crippen molar-refractivity contribution < 1.29 is 18.0 Å². The van der Waals surface area contributed by atoms with Gasteiger partial charge in [0.15, 0.2) is 10.9 Å². The van der Waals surface area contributed by atoms with Crippen molar-refractivity contribution >= 4 is 43.9 Å². The second-order valence-corrected chi connectivity index (χ2v) is 10.5. The van der Waals surface area contributed by atoms with Crippen LogP contribution in [0.1, 0.15) is 45.1 Å². The molecule has 172 valence electrons. The summed E-state index contributed by atoms with van der Waals surface area (Å²) in [6, 6.07) is 11.9. The van der Waals surface area contributed by atoms with Crippen molar-refractivity contribution in [2.45, 2.75) is 31.7 Å². The van der Waals surface area contributed by atoms with Gasteiger partial charge in [-0.1, -0.05) is 19.1 Å². The number of anilines is 2. The largest absolute Gasteiger partial charge is 0.298 e. The van der Waals surface area contributed by atoms with E-state index in [2.05, 4.69) is 26.8 Å². The number of sulfonamides is 1. The van der Waals surface area contributed by atoms with E-state index in [1.807, 2.05) is 0 Å². The van der Waals surface area contributed by atoms with Gasteiger partial charge in [0.05, 0.1) is 10.6 Å². The molecule has 0 saturated carbocycles. The average Bonchev–Trinajstić information content (AvgIpc) is 3.20. The van der Waals surface area contributed by atoms with Gasteiger partial charge in [-0.05, 0) is 49.9 Å². The van der Waals surface area contributed by atoms with Gasteiger partial charge in [-0.15, -0.1) is 11.3 Å². The van der Waals surface area contributed by atoms with E-state index in [1.54, 1.807) is 12.1 Å². The maximum absolute atomic E-state index is 12.6. The van der Waals surface area contributed by atoms with E-state index in [-0.39, 0.29) is 16.6 Å². The Hall–Kier alpha value is -3.08. The molecular formula is C23H24N4O4S2. The zero-order valence-electron chi connectivity index (χ0n) is 18.3. The van der Waals surface area contributed by atoms with Crippen LogP contribution >= 0.6 is 11.3 Å². The SMILES string of the molecule is CCN1CCc2nc(NC(=O)c3ccc(NS(=O)(=O)c4ccc(C(C)=O)cc4)cc3)sc2C1. The van der Waals surface area contributed by atoms with Crippen LogP contribution in [0.5, 0.6) is 0 Å². The maximum Gasteiger partial charge on any atom is 0.261 e. The maximum atomic E-state index is 12.6. The predicted octanol–water partition coefficient (Wildman–Crippen LogP) is 3.78. The van der Waals surface area contributed by atoms with E-state index in [4.69, 9.17) is 0 Å². The first-order valence-corrected chi connectivity index (χ1v) is 12.8. The Morgan fingerprint density at radius 3 is 2.36 bits per heavy atom. The average molecular weight is 485 g/mol. The minimum atomic E-state index is -3.82. The molecule has 0 atom stereocenters. The van der Waals surface area contributed by atoms with Crippen LogP contribution in [-0.4, -0.2) is 43.1 Å². The number of aromatic nitrogens is 1. The van der Waals surface area contributed by atoms with Crippen LogP contribution in [0.15, 0.2) is 53.4 Å². The summed E-state index contributed by atoms with van der Waals surface area (Å²) >= 11 is 1.49. The number of carbonyl (C=O) groups excluding carboxylic acids is 2. The number of amides is 1. The van der Waals surface area contributed by atoms with Crippen LogP contribution in [0, 0.1) is 0 Å². The van der Waals surface area contributed by atoms with Gasteiger partial charge in [0, 0.05) is 41.2 Å². The molecule has 2 aromatic carbocycles. The van der Waals surface area contributed by atoms with Crippen molar-refractivity contribution in [3.8, 4) is 0 Å². The molecule has 1 aromatic heterocycles. The first-order chi connectivity index (χ1) is 15.7. The van der Waals surface area contributed by atoms with Crippen molar-refractivity contribution in [1.29, 1.82) is 0 Å². The quantitative estimate of drug-likeness (QED) is 0.494. The third-order valence-corrected chi connectivity index (χ3v) is 7.84. The zero-order valence-corrected chi connectivity index (χ0v) is 19.9. The summed E-state index contributed by atoms with van der Waals surface area (Å²) in [6.45, 7) is 6.36. The van der Waals surface area contributed by atoms with Crippen molar-refractivity contribution in [2.24, 2.45) is 0 Å². The number of hydrogen-bond donors (Lipinski definition) is 2. The summed E-state index contributed by atoms with van der Waals surface area (Å²) in [5.41, 5.74) is 2.20. The van der Waals surface area contributed by atoms with Gasteiger partial charge in [0.1, 0.15) is 0 Å². The smallest absolute Gasteiger partial charge is 0.261 e. The molecular weight excluding hydrogens is 460 g/mol. The molecule has 0 bridgehead atoms. The Balaban J connectivity index is 1.41. The second-order valence-electron chi connectivity index (χ2n) is 7.73. The van der Waals surface area contributed by atoms with Gasteiger partial charge in [-0.3, -0.25) is 24.5 Å². The second kappa shape index (κ2) is 9.42. The van der Waals surface area contributed by atoms with E-state index >= 15 is 0 Å². The molecule has 1 aliphatic rings. The minimum absolute atomic E-state index is 0.0451. The lowest BCUT2D eigenvalue weighted by molar-refractivity contribution is 0.101. The number of rotatable bonds is 7. The molecule has 4 rings (SSSR count). The number of nitrogens with one attached hydrogen (secondary N) is 2. The molecule has 2 N–H and O–H groups in total.